The normalized spacial score (nSPS) is 14.9. The van der Waals surface area contributed by atoms with Crippen LogP contribution in [-0.4, -0.2) is 44.0 Å². The number of nitriles is 1. The first kappa shape index (κ1) is 18.7. The molecular formula is C22H24N4O. The number of anilines is 2. The van der Waals surface area contributed by atoms with Crippen LogP contribution in [0.1, 0.15) is 16.7 Å². The molecule has 1 saturated heterocycles. The fourth-order valence-corrected chi connectivity index (χ4v) is 3.06. The number of hydrogen-bond donors (Lipinski definition) is 1. The van der Waals surface area contributed by atoms with E-state index in [1.807, 2.05) is 25.1 Å². The van der Waals surface area contributed by atoms with E-state index >= 15 is 0 Å². The second-order valence-corrected chi connectivity index (χ2v) is 6.85. The maximum atomic E-state index is 12.2. The van der Waals surface area contributed by atoms with Crippen molar-refractivity contribution in [2.75, 3.05) is 43.4 Å². The molecule has 0 aromatic heterocycles. The summed E-state index contributed by atoms with van der Waals surface area (Å²) in [5.41, 5.74) is 4.56. The molecule has 0 saturated carbocycles. The summed E-state index contributed by atoms with van der Waals surface area (Å²) in [6, 6.07) is 15.4. The third-order valence-corrected chi connectivity index (χ3v) is 4.80. The third kappa shape index (κ3) is 4.96. The number of carbonyl (C=O) groups excluding carboxylic acids is 1. The summed E-state index contributed by atoms with van der Waals surface area (Å²) in [5.74, 6) is -0.171. The van der Waals surface area contributed by atoms with Crippen molar-refractivity contribution in [2.24, 2.45) is 0 Å². The van der Waals surface area contributed by atoms with Crippen molar-refractivity contribution in [3.05, 3.63) is 65.2 Å². The highest BCUT2D eigenvalue weighted by atomic mass is 16.1. The van der Waals surface area contributed by atoms with E-state index in [4.69, 9.17) is 5.26 Å². The molecule has 1 fully saturated rings. The van der Waals surface area contributed by atoms with Crippen LogP contribution in [0, 0.1) is 18.3 Å². The lowest BCUT2D eigenvalue weighted by atomic mass is 10.1. The van der Waals surface area contributed by atoms with Gasteiger partial charge in [0.2, 0.25) is 5.91 Å². The molecule has 0 radical (unpaired) electrons. The van der Waals surface area contributed by atoms with Gasteiger partial charge >= 0.3 is 0 Å². The van der Waals surface area contributed by atoms with Crippen molar-refractivity contribution in [2.45, 2.75) is 6.92 Å². The Balaban J connectivity index is 1.62. The Labute approximate surface area is 160 Å². The maximum absolute atomic E-state index is 12.2. The van der Waals surface area contributed by atoms with Gasteiger partial charge < -0.3 is 15.1 Å². The molecule has 5 heteroatoms. The molecule has 27 heavy (non-hydrogen) atoms. The average Bonchev–Trinajstić information content (AvgIpc) is 2.69. The van der Waals surface area contributed by atoms with Crippen LogP contribution in [0.3, 0.4) is 0 Å². The van der Waals surface area contributed by atoms with Crippen LogP contribution in [0.5, 0.6) is 0 Å². The summed E-state index contributed by atoms with van der Waals surface area (Å²) in [6.07, 6.45) is 3.25. The second kappa shape index (κ2) is 8.52. The molecule has 0 unspecified atom stereocenters. The van der Waals surface area contributed by atoms with Gasteiger partial charge in [-0.05, 0) is 61.5 Å². The Hall–Kier alpha value is -3.10. The third-order valence-electron chi connectivity index (χ3n) is 4.80. The number of likely N-dealkylation sites (N-methyl/N-ethyl adjacent to an activating group) is 1. The summed E-state index contributed by atoms with van der Waals surface area (Å²) in [4.78, 5) is 16.9. The Bertz CT molecular complexity index is 872. The van der Waals surface area contributed by atoms with Gasteiger partial charge in [0, 0.05) is 43.6 Å². The van der Waals surface area contributed by atoms with Crippen LogP contribution >= 0.6 is 0 Å². The largest absolute Gasteiger partial charge is 0.369 e. The SMILES string of the molecule is Cc1cc(N2CCN(C)CC2)ccc1NC(=O)/C=C/c1ccc(C#N)cc1. The molecule has 2 aromatic carbocycles. The fraction of sp³-hybridized carbons (Fsp3) is 0.273. The van der Waals surface area contributed by atoms with Crippen molar-refractivity contribution >= 4 is 23.4 Å². The molecule has 5 nitrogen and oxygen atoms in total. The van der Waals surface area contributed by atoms with E-state index < -0.39 is 0 Å². The Morgan fingerprint density at radius 2 is 1.81 bits per heavy atom. The minimum Gasteiger partial charge on any atom is -0.369 e. The molecule has 1 aliphatic rings. The zero-order valence-corrected chi connectivity index (χ0v) is 15.8. The molecule has 1 heterocycles. The quantitative estimate of drug-likeness (QED) is 0.850. The molecule has 0 bridgehead atoms. The molecule has 0 aliphatic carbocycles. The minimum atomic E-state index is -0.171. The maximum Gasteiger partial charge on any atom is 0.248 e. The zero-order valence-electron chi connectivity index (χ0n) is 15.8. The number of piperazine rings is 1. The number of hydrogen-bond acceptors (Lipinski definition) is 4. The molecule has 3 rings (SSSR count). The predicted molar refractivity (Wildman–Crippen MR) is 110 cm³/mol. The Kier molecular flexibility index (Phi) is 5.90. The predicted octanol–water partition coefficient (Wildman–Crippen LogP) is 3.27. The summed E-state index contributed by atoms with van der Waals surface area (Å²) >= 11 is 0. The first-order valence-electron chi connectivity index (χ1n) is 9.08. The van der Waals surface area contributed by atoms with Gasteiger partial charge in [0.1, 0.15) is 0 Å². The van der Waals surface area contributed by atoms with Crippen LogP contribution in [0.15, 0.2) is 48.5 Å². The van der Waals surface area contributed by atoms with Crippen molar-refractivity contribution in [3.63, 3.8) is 0 Å². The van der Waals surface area contributed by atoms with Gasteiger partial charge in [0.25, 0.3) is 0 Å². The monoisotopic (exact) mass is 360 g/mol. The molecule has 2 aromatic rings. The number of amides is 1. The van der Waals surface area contributed by atoms with E-state index in [0.29, 0.717) is 5.56 Å². The second-order valence-electron chi connectivity index (χ2n) is 6.85. The first-order chi connectivity index (χ1) is 13.0. The standard InChI is InChI=1S/C22H24N4O/c1-17-15-20(26-13-11-25(2)12-14-26)8-9-21(17)24-22(27)10-7-18-3-5-19(16-23)6-4-18/h3-10,15H,11-14H2,1-2H3,(H,24,27)/b10-7+. The van der Waals surface area contributed by atoms with E-state index in [2.05, 4.69) is 40.4 Å². The summed E-state index contributed by atoms with van der Waals surface area (Å²) in [6.45, 7) is 6.19. The van der Waals surface area contributed by atoms with Crippen molar-refractivity contribution in [1.82, 2.24) is 4.90 Å². The summed E-state index contributed by atoms with van der Waals surface area (Å²) < 4.78 is 0. The highest BCUT2D eigenvalue weighted by molar-refractivity contribution is 6.02. The zero-order chi connectivity index (χ0) is 19.2. The minimum absolute atomic E-state index is 0.171. The van der Waals surface area contributed by atoms with E-state index in [1.165, 1.54) is 11.8 Å². The van der Waals surface area contributed by atoms with Crippen LogP contribution in [-0.2, 0) is 4.79 Å². The molecule has 1 amide bonds. The van der Waals surface area contributed by atoms with E-state index in [-0.39, 0.29) is 5.91 Å². The Morgan fingerprint density at radius 3 is 2.44 bits per heavy atom. The van der Waals surface area contributed by atoms with Gasteiger partial charge in [-0.2, -0.15) is 5.26 Å². The Morgan fingerprint density at radius 1 is 1.11 bits per heavy atom. The first-order valence-corrected chi connectivity index (χ1v) is 9.08. The van der Waals surface area contributed by atoms with Crippen LogP contribution < -0.4 is 10.2 Å². The van der Waals surface area contributed by atoms with Crippen LogP contribution in [0.25, 0.3) is 6.08 Å². The van der Waals surface area contributed by atoms with Gasteiger partial charge in [-0.25, -0.2) is 0 Å². The molecular weight excluding hydrogens is 336 g/mol. The molecule has 0 spiro atoms. The number of benzene rings is 2. The number of nitrogens with zero attached hydrogens (tertiary/aromatic N) is 3. The van der Waals surface area contributed by atoms with Gasteiger partial charge in [-0.15, -0.1) is 0 Å². The molecule has 1 aliphatic heterocycles. The van der Waals surface area contributed by atoms with Gasteiger partial charge in [-0.3, -0.25) is 4.79 Å². The van der Waals surface area contributed by atoms with E-state index in [9.17, 15) is 4.79 Å². The molecule has 138 valence electrons. The van der Waals surface area contributed by atoms with Crippen molar-refractivity contribution in [1.29, 1.82) is 5.26 Å². The summed E-state index contributed by atoms with van der Waals surface area (Å²) in [5, 5.41) is 11.7. The molecule has 1 N–H and O–H groups in total. The highest BCUT2D eigenvalue weighted by Crippen LogP contribution is 2.23. The fourth-order valence-electron chi connectivity index (χ4n) is 3.06. The molecule has 0 atom stereocenters. The lowest BCUT2D eigenvalue weighted by Gasteiger charge is -2.34. The number of nitrogens with one attached hydrogen (secondary N) is 1. The van der Waals surface area contributed by atoms with Crippen molar-refractivity contribution < 1.29 is 4.79 Å². The number of carbonyl (C=O) groups is 1. The summed E-state index contributed by atoms with van der Waals surface area (Å²) in [7, 11) is 2.15. The average molecular weight is 360 g/mol. The van der Waals surface area contributed by atoms with Gasteiger partial charge in [-0.1, -0.05) is 12.1 Å². The van der Waals surface area contributed by atoms with Gasteiger partial charge in [0.15, 0.2) is 0 Å². The topological polar surface area (TPSA) is 59.4 Å². The van der Waals surface area contributed by atoms with Crippen molar-refractivity contribution in [3.8, 4) is 6.07 Å². The lowest BCUT2D eigenvalue weighted by Crippen LogP contribution is -2.44. The van der Waals surface area contributed by atoms with Crippen LogP contribution in [0.2, 0.25) is 0 Å². The highest BCUT2D eigenvalue weighted by Gasteiger charge is 2.15. The van der Waals surface area contributed by atoms with Gasteiger partial charge in [0.05, 0.1) is 11.6 Å². The van der Waals surface area contributed by atoms with E-state index in [1.54, 1.807) is 18.2 Å². The smallest absolute Gasteiger partial charge is 0.248 e. The van der Waals surface area contributed by atoms with E-state index in [0.717, 1.165) is 43.0 Å². The lowest BCUT2D eigenvalue weighted by molar-refractivity contribution is -0.111. The number of rotatable bonds is 4. The number of aryl methyl sites for hydroxylation is 1. The van der Waals surface area contributed by atoms with Crippen LogP contribution in [0.4, 0.5) is 11.4 Å².